The van der Waals surface area contributed by atoms with Gasteiger partial charge in [0.15, 0.2) is 0 Å². The Morgan fingerprint density at radius 3 is 2.95 bits per heavy atom. The Kier molecular flexibility index (Phi) is 2.73. The van der Waals surface area contributed by atoms with Crippen molar-refractivity contribution in [3.63, 3.8) is 0 Å². The average molecular weight is 268 g/mol. The van der Waals surface area contributed by atoms with E-state index in [9.17, 15) is 0 Å². The van der Waals surface area contributed by atoms with Gasteiger partial charge in [0, 0.05) is 4.88 Å². The lowest BCUT2D eigenvalue weighted by Gasteiger charge is -2.14. The summed E-state index contributed by atoms with van der Waals surface area (Å²) in [5.74, 6) is 0.478. The van der Waals surface area contributed by atoms with Gasteiger partial charge in [0.2, 0.25) is 5.95 Å². The number of benzene rings is 1. The first kappa shape index (κ1) is 11.8. The third-order valence-corrected chi connectivity index (χ3v) is 4.23. The van der Waals surface area contributed by atoms with Gasteiger partial charge in [-0.2, -0.15) is 5.26 Å². The van der Waals surface area contributed by atoms with Crippen LogP contribution in [0.5, 0.6) is 0 Å². The second kappa shape index (κ2) is 4.41. The standard InChI is InChI=1S/C14H12N4S/c1-9(13-3-2-6-19-13)18-12-7-10(8-15)4-5-11(12)17-14(18)16/h2-7,9H,1H3,(H2,16,17). The third-order valence-electron chi connectivity index (χ3n) is 3.19. The monoisotopic (exact) mass is 268 g/mol. The molecule has 0 aliphatic heterocycles. The van der Waals surface area contributed by atoms with Crippen molar-refractivity contribution in [1.29, 1.82) is 5.26 Å². The predicted molar refractivity (Wildman–Crippen MR) is 77.0 cm³/mol. The Balaban J connectivity index is 2.22. The smallest absolute Gasteiger partial charge is 0.201 e. The number of anilines is 1. The van der Waals surface area contributed by atoms with Crippen molar-refractivity contribution >= 4 is 28.3 Å². The van der Waals surface area contributed by atoms with Crippen molar-refractivity contribution in [2.75, 3.05) is 5.73 Å². The van der Waals surface area contributed by atoms with Gasteiger partial charge in [-0.1, -0.05) is 6.07 Å². The first-order chi connectivity index (χ1) is 9.20. The molecule has 0 aliphatic rings. The number of hydrogen-bond donors (Lipinski definition) is 1. The highest BCUT2D eigenvalue weighted by Crippen LogP contribution is 2.29. The first-order valence-electron chi connectivity index (χ1n) is 5.91. The lowest BCUT2D eigenvalue weighted by molar-refractivity contribution is 0.680. The number of rotatable bonds is 2. The summed E-state index contributed by atoms with van der Waals surface area (Å²) in [6.45, 7) is 2.09. The normalized spacial score (nSPS) is 12.4. The lowest BCUT2D eigenvalue weighted by Crippen LogP contribution is -2.08. The van der Waals surface area contributed by atoms with Crippen LogP contribution < -0.4 is 5.73 Å². The molecule has 0 radical (unpaired) electrons. The summed E-state index contributed by atoms with van der Waals surface area (Å²) in [6, 6.07) is 11.8. The molecule has 0 fully saturated rings. The zero-order chi connectivity index (χ0) is 13.4. The van der Waals surface area contributed by atoms with E-state index in [1.807, 2.05) is 28.1 Å². The zero-order valence-electron chi connectivity index (χ0n) is 10.4. The Labute approximate surface area is 114 Å². The summed E-state index contributed by atoms with van der Waals surface area (Å²) in [7, 11) is 0. The molecular weight excluding hydrogens is 256 g/mol. The fourth-order valence-electron chi connectivity index (χ4n) is 2.24. The van der Waals surface area contributed by atoms with E-state index in [1.165, 1.54) is 4.88 Å². The molecule has 0 spiro atoms. The Morgan fingerprint density at radius 1 is 1.42 bits per heavy atom. The van der Waals surface area contributed by atoms with Gasteiger partial charge in [0.1, 0.15) is 0 Å². The van der Waals surface area contributed by atoms with E-state index in [0.717, 1.165) is 11.0 Å². The molecule has 94 valence electrons. The van der Waals surface area contributed by atoms with Gasteiger partial charge >= 0.3 is 0 Å². The minimum Gasteiger partial charge on any atom is -0.369 e. The minimum absolute atomic E-state index is 0.110. The van der Waals surface area contributed by atoms with Crippen LogP contribution in [0.1, 0.15) is 23.4 Å². The van der Waals surface area contributed by atoms with Gasteiger partial charge in [0.25, 0.3) is 0 Å². The molecule has 3 rings (SSSR count). The zero-order valence-corrected chi connectivity index (χ0v) is 11.2. The minimum atomic E-state index is 0.110. The second-order valence-electron chi connectivity index (χ2n) is 4.35. The molecule has 2 N–H and O–H groups in total. The molecule has 0 bridgehead atoms. The molecule has 2 aromatic heterocycles. The van der Waals surface area contributed by atoms with Crippen LogP contribution in [0.3, 0.4) is 0 Å². The molecule has 0 aliphatic carbocycles. The van der Waals surface area contributed by atoms with Crippen molar-refractivity contribution < 1.29 is 0 Å². The first-order valence-corrected chi connectivity index (χ1v) is 6.79. The van der Waals surface area contributed by atoms with Gasteiger partial charge in [-0.25, -0.2) is 4.98 Å². The fraction of sp³-hybridized carbons (Fsp3) is 0.143. The number of thiophene rings is 1. The molecule has 19 heavy (non-hydrogen) atoms. The Hall–Kier alpha value is -2.32. The number of hydrogen-bond acceptors (Lipinski definition) is 4. The maximum atomic E-state index is 9.01. The van der Waals surface area contributed by atoms with Crippen molar-refractivity contribution in [2.45, 2.75) is 13.0 Å². The number of nitrogens with two attached hydrogens (primary N) is 1. The lowest BCUT2D eigenvalue weighted by atomic mass is 10.2. The highest BCUT2D eigenvalue weighted by Gasteiger charge is 2.16. The quantitative estimate of drug-likeness (QED) is 0.776. The van der Waals surface area contributed by atoms with E-state index < -0.39 is 0 Å². The molecule has 2 heterocycles. The van der Waals surface area contributed by atoms with Crippen LogP contribution in [-0.4, -0.2) is 9.55 Å². The third kappa shape index (κ3) is 1.86. The number of nitriles is 1. The van der Waals surface area contributed by atoms with Crippen LogP contribution in [0, 0.1) is 11.3 Å². The SMILES string of the molecule is CC(c1cccs1)n1c(N)nc2ccc(C#N)cc21. The van der Waals surface area contributed by atoms with Crippen LogP contribution in [-0.2, 0) is 0 Å². The van der Waals surface area contributed by atoms with Gasteiger partial charge in [-0.05, 0) is 36.6 Å². The molecule has 3 aromatic rings. The van der Waals surface area contributed by atoms with Crippen molar-refractivity contribution in [1.82, 2.24) is 9.55 Å². The van der Waals surface area contributed by atoms with E-state index >= 15 is 0 Å². The van der Waals surface area contributed by atoms with Crippen molar-refractivity contribution in [3.05, 3.63) is 46.2 Å². The molecule has 4 nitrogen and oxygen atoms in total. The summed E-state index contributed by atoms with van der Waals surface area (Å²) < 4.78 is 1.97. The molecule has 1 aromatic carbocycles. The summed E-state index contributed by atoms with van der Waals surface area (Å²) in [5.41, 5.74) is 8.36. The molecule has 0 saturated carbocycles. The predicted octanol–water partition coefficient (Wildman–Crippen LogP) is 3.16. The van der Waals surface area contributed by atoms with Gasteiger partial charge in [-0.15, -0.1) is 11.3 Å². The van der Waals surface area contributed by atoms with Gasteiger partial charge in [0.05, 0.1) is 28.7 Å². The molecule has 1 atom stereocenters. The number of nitrogen functional groups attached to an aromatic ring is 1. The highest BCUT2D eigenvalue weighted by molar-refractivity contribution is 7.10. The van der Waals surface area contributed by atoms with Crippen LogP contribution in [0.15, 0.2) is 35.7 Å². The summed E-state index contributed by atoms with van der Waals surface area (Å²) in [6.07, 6.45) is 0. The average Bonchev–Trinajstić information content (AvgIpc) is 3.03. The molecular formula is C14H12N4S. The number of imidazole rings is 1. The van der Waals surface area contributed by atoms with Crippen LogP contribution in [0.4, 0.5) is 5.95 Å². The maximum Gasteiger partial charge on any atom is 0.201 e. The topological polar surface area (TPSA) is 67.6 Å². The van der Waals surface area contributed by atoms with Crippen LogP contribution in [0.2, 0.25) is 0 Å². The van der Waals surface area contributed by atoms with Crippen molar-refractivity contribution in [2.24, 2.45) is 0 Å². The molecule has 5 heteroatoms. The van der Waals surface area contributed by atoms with E-state index in [1.54, 1.807) is 17.4 Å². The Morgan fingerprint density at radius 2 is 2.26 bits per heavy atom. The van der Waals surface area contributed by atoms with E-state index in [4.69, 9.17) is 11.0 Å². The van der Waals surface area contributed by atoms with E-state index in [2.05, 4.69) is 24.0 Å². The van der Waals surface area contributed by atoms with E-state index in [-0.39, 0.29) is 6.04 Å². The molecule has 1 unspecified atom stereocenters. The number of aromatic nitrogens is 2. The fourth-order valence-corrected chi connectivity index (χ4v) is 3.02. The van der Waals surface area contributed by atoms with Gasteiger partial charge in [-0.3, -0.25) is 0 Å². The molecule has 0 saturated heterocycles. The maximum absolute atomic E-state index is 9.01. The largest absolute Gasteiger partial charge is 0.369 e. The summed E-state index contributed by atoms with van der Waals surface area (Å²) in [4.78, 5) is 5.57. The molecule has 0 amide bonds. The van der Waals surface area contributed by atoms with E-state index in [0.29, 0.717) is 11.5 Å². The summed E-state index contributed by atoms with van der Waals surface area (Å²) in [5, 5.41) is 11.1. The van der Waals surface area contributed by atoms with Crippen molar-refractivity contribution in [3.8, 4) is 6.07 Å². The summed E-state index contributed by atoms with van der Waals surface area (Å²) >= 11 is 1.69. The van der Waals surface area contributed by atoms with Gasteiger partial charge < -0.3 is 10.3 Å². The number of fused-ring (bicyclic) bond motifs is 1. The second-order valence-corrected chi connectivity index (χ2v) is 5.33. The Bertz CT molecular complexity index is 765. The van der Waals surface area contributed by atoms with Crippen LogP contribution in [0.25, 0.3) is 11.0 Å². The van der Waals surface area contributed by atoms with Crippen LogP contribution >= 0.6 is 11.3 Å². The highest BCUT2D eigenvalue weighted by atomic mass is 32.1. The number of nitrogens with zero attached hydrogens (tertiary/aromatic N) is 3.